The van der Waals surface area contributed by atoms with E-state index in [9.17, 15) is 37.4 Å². The monoisotopic (exact) mass is 682 g/mol. The standard InChI is InChI=1S/C35H34F4N4O6/c1-32(2,17-44)43-31(46)33(3)18-48-29-24(33)15-26(42-28(29)19-6-8-22(36)9-7-19)34(47,35(37,38)39)16-41-30(45)21-13-20-5-4-12-40-27(20)25(14-21)49-23-10-11-23/h4-9,12-15,23,44,47H,10-11,16-18H2,1-3H3,(H,41,45)(H,43,46)/t33-,34?/m0/s1. The van der Waals surface area contributed by atoms with Crippen molar-refractivity contribution in [1.82, 2.24) is 20.6 Å². The summed E-state index contributed by atoms with van der Waals surface area (Å²) in [6.07, 6.45) is -2.23. The molecule has 0 bridgehead atoms. The maximum absolute atomic E-state index is 15.0. The molecule has 1 fully saturated rings. The Morgan fingerprint density at radius 3 is 2.47 bits per heavy atom. The molecule has 1 aliphatic heterocycles. The molecule has 3 heterocycles. The predicted octanol–water partition coefficient (Wildman–Crippen LogP) is 4.69. The number of halogens is 4. The van der Waals surface area contributed by atoms with E-state index < -0.39 is 59.2 Å². The fourth-order valence-corrected chi connectivity index (χ4v) is 5.46. The van der Waals surface area contributed by atoms with Crippen molar-refractivity contribution in [3.8, 4) is 22.8 Å². The van der Waals surface area contributed by atoms with Gasteiger partial charge in [-0.05, 0) is 82.1 Å². The van der Waals surface area contributed by atoms with E-state index in [0.29, 0.717) is 16.7 Å². The molecule has 49 heavy (non-hydrogen) atoms. The van der Waals surface area contributed by atoms with Crippen molar-refractivity contribution in [3.63, 3.8) is 0 Å². The summed E-state index contributed by atoms with van der Waals surface area (Å²) in [5.74, 6) is -1.92. The number of nitrogens with one attached hydrogen (secondary N) is 2. The number of aromatic nitrogens is 2. The minimum Gasteiger partial charge on any atom is -0.489 e. The molecule has 1 unspecified atom stereocenters. The minimum absolute atomic E-state index is 0.0151. The van der Waals surface area contributed by atoms with Crippen molar-refractivity contribution < 1.29 is 46.8 Å². The van der Waals surface area contributed by atoms with Crippen LogP contribution in [0.3, 0.4) is 0 Å². The molecule has 10 nitrogen and oxygen atoms in total. The number of carbonyl (C=O) groups excluding carboxylic acids is 2. The average Bonchev–Trinajstić information content (AvgIpc) is 3.82. The van der Waals surface area contributed by atoms with Crippen LogP contribution in [0.5, 0.6) is 11.5 Å². The lowest BCUT2D eigenvalue weighted by Gasteiger charge is -2.32. The zero-order valence-corrected chi connectivity index (χ0v) is 26.8. The second-order valence-electron chi connectivity index (χ2n) is 13.3. The van der Waals surface area contributed by atoms with Crippen LogP contribution in [-0.2, 0) is 15.8 Å². The number of alkyl halides is 3. The van der Waals surface area contributed by atoms with E-state index in [0.717, 1.165) is 31.0 Å². The second kappa shape index (κ2) is 12.3. The zero-order valence-electron chi connectivity index (χ0n) is 26.8. The van der Waals surface area contributed by atoms with Crippen LogP contribution in [0.25, 0.3) is 22.2 Å². The number of ether oxygens (including phenoxy) is 2. The van der Waals surface area contributed by atoms with E-state index in [2.05, 4.69) is 20.6 Å². The van der Waals surface area contributed by atoms with Gasteiger partial charge in [-0.1, -0.05) is 6.07 Å². The van der Waals surface area contributed by atoms with Crippen molar-refractivity contribution in [2.75, 3.05) is 19.8 Å². The highest BCUT2D eigenvalue weighted by Gasteiger charge is 2.58. The molecule has 1 saturated carbocycles. The van der Waals surface area contributed by atoms with Gasteiger partial charge in [0, 0.05) is 28.3 Å². The smallest absolute Gasteiger partial charge is 0.424 e. The lowest BCUT2D eigenvalue weighted by Crippen LogP contribution is -2.54. The van der Waals surface area contributed by atoms with Gasteiger partial charge in [0.15, 0.2) is 0 Å². The van der Waals surface area contributed by atoms with Crippen molar-refractivity contribution in [2.45, 2.75) is 62.4 Å². The number of amides is 2. The van der Waals surface area contributed by atoms with Crippen LogP contribution in [0.1, 0.15) is 55.2 Å². The van der Waals surface area contributed by atoms with Crippen LogP contribution in [-0.4, -0.2) is 69.6 Å². The lowest BCUT2D eigenvalue weighted by molar-refractivity contribution is -0.265. The Labute approximate surface area is 278 Å². The van der Waals surface area contributed by atoms with E-state index in [4.69, 9.17) is 9.47 Å². The first-order chi connectivity index (χ1) is 23.0. The van der Waals surface area contributed by atoms with Crippen molar-refractivity contribution in [1.29, 1.82) is 0 Å². The molecule has 0 radical (unpaired) electrons. The Morgan fingerprint density at radius 2 is 1.82 bits per heavy atom. The van der Waals surface area contributed by atoms with Crippen LogP contribution in [0.4, 0.5) is 17.6 Å². The molecule has 14 heteroatoms. The Bertz CT molecular complexity index is 1930. The van der Waals surface area contributed by atoms with Crippen molar-refractivity contribution >= 4 is 22.7 Å². The predicted molar refractivity (Wildman–Crippen MR) is 169 cm³/mol. The maximum Gasteiger partial charge on any atom is 0.424 e. The highest BCUT2D eigenvalue weighted by molar-refractivity contribution is 6.00. The Hall–Kier alpha value is -4.82. The summed E-state index contributed by atoms with van der Waals surface area (Å²) < 4.78 is 70.5. The van der Waals surface area contributed by atoms with Gasteiger partial charge in [-0.3, -0.25) is 14.6 Å². The molecular formula is C35H34F4N4O6. The quantitative estimate of drug-likeness (QED) is 0.177. The summed E-state index contributed by atoms with van der Waals surface area (Å²) in [5, 5.41) is 26.6. The van der Waals surface area contributed by atoms with Crippen LogP contribution in [0.2, 0.25) is 0 Å². The fraction of sp³-hybridized carbons (Fsp3) is 0.371. The first-order valence-corrected chi connectivity index (χ1v) is 15.6. The molecule has 2 aromatic carbocycles. The number of rotatable bonds is 10. The Kier molecular flexibility index (Phi) is 8.52. The number of hydrogen-bond acceptors (Lipinski definition) is 8. The molecule has 2 aliphatic rings. The van der Waals surface area contributed by atoms with Crippen molar-refractivity contribution in [2.24, 2.45) is 0 Å². The largest absolute Gasteiger partial charge is 0.489 e. The maximum atomic E-state index is 15.0. The van der Waals surface area contributed by atoms with Gasteiger partial charge in [-0.25, -0.2) is 9.37 Å². The van der Waals surface area contributed by atoms with Gasteiger partial charge in [0.2, 0.25) is 11.5 Å². The number of aliphatic hydroxyl groups excluding tert-OH is 1. The van der Waals surface area contributed by atoms with Gasteiger partial charge < -0.3 is 30.3 Å². The number of pyridine rings is 2. The second-order valence-corrected chi connectivity index (χ2v) is 13.3. The topological polar surface area (TPSA) is 143 Å². The summed E-state index contributed by atoms with van der Waals surface area (Å²) in [6, 6.07) is 11.8. The molecule has 258 valence electrons. The molecule has 2 aromatic heterocycles. The molecular weight excluding hydrogens is 648 g/mol. The SMILES string of the molecule is CC(C)(CO)NC(=O)[C@@]1(C)COc2c1cc(C(O)(CNC(=O)c1cc(OC3CC3)c3ncccc3c1)C(F)(F)F)nc2-c1ccc(F)cc1. The van der Waals surface area contributed by atoms with Crippen LogP contribution >= 0.6 is 0 Å². The first-order valence-electron chi connectivity index (χ1n) is 15.6. The van der Waals surface area contributed by atoms with E-state index in [-0.39, 0.29) is 40.8 Å². The van der Waals surface area contributed by atoms with Gasteiger partial charge in [0.1, 0.15) is 40.5 Å². The van der Waals surface area contributed by atoms with Gasteiger partial charge in [-0.2, -0.15) is 13.2 Å². The third-order valence-electron chi connectivity index (χ3n) is 8.69. The minimum atomic E-state index is -5.38. The molecule has 2 amide bonds. The molecule has 0 spiro atoms. The fourth-order valence-electron chi connectivity index (χ4n) is 5.46. The Balaban J connectivity index is 1.41. The van der Waals surface area contributed by atoms with E-state index >= 15 is 0 Å². The highest BCUT2D eigenvalue weighted by atomic mass is 19.4. The average molecular weight is 683 g/mol. The normalized spacial score (nSPS) is 18.7. The third kappa shape index (κ3) is 6.49. The number of nitrogens with zero attached hydrogens (tertiary/aromatic N) is 2. The number of aliphatic hydroxyl groups is 2. The lowest BCUT2D eigenvalue weighted by atomic mass is 9.81. The number of carbonyl (C=O) groups is 2. The third-order valence-corrected chi connectivity index (χ3v) is 8.69. The molecule has 1 aliphatic carbocycles. The summed E-state index contributed by atoms with van der Waals surface area (Å²) >= 11 is 0. The summed E-state index contributed by atoms with van der Waals surface area (Å²) in [5.41, 5.74) is -6.94. The van der Waals surface area contributed by atoms with Gasteiger partial charge in [0.05, 0.1) is 30.5 Å². The van der Waals surface area contributed by atoms with Gasteiger partial charge >= 0.3 is 6.18 Å². The van der Waals surface area contributed by atoms with Crippen LogP contribution in [0.15, 0.2) is 60.8 Å². The Morgan fingerprint density at radius 1 is 1.10 bits per heavy atom. The summed E-state index contributed by atoms with van der Waals surface area (Å²) in [4.78, 5) is 35.5. The summed E-state index contributed by atoms with van der Waals surface area (Å²) in [6.45, 7) is 2.48. The molecule has 2 atom stereocenters. The highest BCUT2D eigenvalue weighted by Crippen LogP contribution is 2.48. The van der Waals surface area contributed by atoms with E-state index in [1.54, 1.807) is 32.2 Å². The van der Waals surface area contributed by atoms with E-state index in [1.165, 1.54) is 31.2 Å². The molecule has 0 saturated heterocycles. The van der Waals surface area contributed by atoms with Crippen LogP contribution < -0.4 is 20.1 Å². The first kappa shape index (κ1) is 34.1. The van der Waals surface area contributed by atoms with E-state index in [1.807, 2.05) is 0 Å². The van der Waals surface area contributed by atoms with Gasteiger partial charge in [-0.15, -0.1) is 0 Å². The molecule has 4 aromatic rings. The molecule has 6 rings (SSSR count). The summed E-state index contributed by atoms with van der Waals surface area (Å²) in [7, 11) is 0. The zero-order chi connectivity index (χ0) is 35.4. The number of fused-ring (bicyclic) bond motifs is 2. The number of benzene rings is 2. The number of hydrogen-bond donors (Lipinski definition) is 4. The van der Waals surface area contributed by atoms with Crippen LogP contribution in [0, 0.1) is 5.82 Å². The van der Waals surface area contributed by atoms with Gasteiger partial charge in [0.25, 0.3) is 5.91 Å². The van der Waals surface area contributed by atoms with Crippen molar-refractivity contribution in [3.05, 3.63) is 83.4 Å². The molecule has 4 N–H and O–H groups in total.